The first-order valence-corrected chi connectivity index (χ1v) is 8.37. The van der Waals surface area contributed by atoms with Crippen LogP contribution in [0.5, 0.6) is 0 Å². The maximum atomic E-state index is 10.5. The van der Waals surface area contributed by atoms with Crippen molar-refractivity contribution in [2.45, 2.75) is 37.9 Å². The van der Waals surface area contributed by atoms with Crippen LogP contribution in [-0.2, 0) is 11.3 Å². The molecule has 2 fully saturated rings. The Morgan fingerprint density at radius 2 is 2.19 bits per heavy atom. The van der Waals surface area contributed by atoms with Crippen LogP contribution in [0.15, 0.2) is 18.2 Å². The van der Waals surface area contributed by atoms with Gasteiger partial charge in [-0.25, -0.2) is 4.79 Å². The van der Waals surface area contributed by atoms with Crippen LogP contribution in [0.25, 0.3) is 6.08 Å². The maximum absolute atomic E-state index is 10.5. The Morgan fingerprint density at radius 1 is 1.38 bits per heavy atom. The predicted molar refractivity (Wildman–Crippen MR) is 85.5 cm³/mol. The summed E-state index contributed by atoms with van der Waals surface area (Å²) in [6, 6.07) is 5.62. The number of thiophene rings is 1. The van der Waals surface area contributed by atoms with Gasteiger partial charge >= 0.3 is 5.97 Å². The number of hydrogen-bond donors (Lipinski definition) is 1. The molecule has 2 unspecified atom stereocenters. The fraction of sp³-hybridized carbons (Fsp3) is 0.562. The van der Waals surface area contributed by atoms with E-state index in [4.69, 9.17) is 5.11 Å². The summed E-state index contributed by atoms with van der Waals surface area (Å²) in [4.78, 5) is 18.0. The number of aliphatic carboxylic acids is 1. The molecule has 3 heterocycles. The molecule has 1 aromatic heterocycles. The van der Waals surface area contributed by atoms with Crippen molar-refractivity contribution in [2.75, 3.05) is 20.1 Å². The average Bonchev–Trinajstić information content (AvgIpc) is 2.96. The van der Waals surface area contributed by atoms with Gasteiger partial charge in [-0.1, -0.05) is 0 Å². The van der Waals surface area contributed by atoms with E-state index < -0.39 is 5.97 Å². The summed E-state index contributed by atoms with van der Waals surface area (Å²) in [5, 5.41) is 8.66. The predicted octanol–water partition coefficient (Wildman–Crippen LogP) is 2.51. The molecule has 1 aromatic rings. The van der Waals surface area contributed by atoms with E-state index in [0.29, 0.717) is 6.04 Å². The lowest BCUT2D eigenvalue weighted by Crippen LogP contribution is -2.36. The van der Waals surface area contributed by atoms with Gasteiger partial charge in [-0.05, 0) is 44.5 Å². The van der Waals surface area contributed by atoms with Gasteiger partial charge in [0.2, 0.25) is 0 Å². The third-order valence-electron chi connectivity index (χ3n) is 4.68. The summed E-state index contributed by atoms with van der Waals surface area (Å²) in [6.07, 6.45) is 6.83. The average molecular weight is 306 g/mol. The monoisotopic (exact) mass is 306 g/mol. The van der Waals surface area contributed by atoms with E-state index in [9.17, 15) is 4.79 Å². The Hall–Kier alpha value is -1.17. The first-order valence-electron chi connectivity index (χ1n) is 7.56. The Morgan fingerprint density at radius 3 is 3.00 bits per heavy atom. The Bertz CT molecular complexity index is 540. The van der Waals surface area contributed by atoms with Crippen molar-refractivity contribution in [3.63, 3.8) is 0 Å². The molecule has 2 bridgehead atoms. The number of hydrogen-bond acceptors (Lipinski definition) is 4. The molecule has 0 spiro atoms. The van der Waals surface area contributed by atoms with E-state index in [-0.39, 0.29) is 0 Å². The maximum Gasteiger partial charge on any atom is 0.328 e. The minimum atomic E-state index is -0.892. The summed E-state index contributed by atoms with van der Waals surface area (Å²) in [7, 11) is 2.27. The summed E-state index contributed by atoms with van der Waals surface area (Å²) in [6.45, 7) is 3.32. The highest BCUT2D eigenvalue weighted by atomic mass is 32.1. The van der Waals surface area contributed by atoms with Crippen LogP contribution in [0.1, 0.15) is 29.0 Å². The third-order valence-corrected chi connectivity index (χ3v) is 5.72. The van der Waals surface area contributed by atoms with Gasteiger partial charge in [0.25, 0.3) is 0 Å². The van der Waals surface area contributed by atoms with Gasteiger partial charge < -0.3 is 5.11 Å². The summed E-state index contributed by atoms with van der Waals surface area (Å²) in [5.74, 6) is -0.892. The molecule has 0 aliphatic carbocycles. The lowest BCUT2D eigenvalue weighted by atomic mass is 10.1. The van der Waals surface area contributed by atoms with Gasteiger partial charge in [-0.15, -0.1) is 11.3 Å². The molecule has 5 heteroatoms. The first kappa shape index (κ1) is 14.8. The second kappa shape index (κ2) is 6.30. The van der Waals surface area contributed by atoms with Crippen LogP contribution in [0.4, 0.5) is 0 Å². The molecule has 2 saturated heterocycles. The zero-order valence-corrected chi connectivity index (χ0v) is 13.2. The summed E-state index contributed by atoms with van der Waals surface area (Å²) in [5.41, 5.74) is 0. The second-order valence-corrected chi connectivity index (χ2v) is 7.25. The largest absolute Gasteiger partial charge is 0.478 e. The zero-order valence-electron chi connectivity index (χ0n) is 12.4. The molecular formula is C16H22N2O2S. The molecule has 2 aliphatic rings. The second-order valence-electron chi connectivity index (χ2n) is 6.05. The van der Waals surface area contributed by atoms with Crippen LogP contribution >= 0.6 is 11.3 Å². The fourth-order valence-electron chi connectivity index (χ4n) is 3.47. The summed E-state index contributed by atoms with van der Waals surface area (Å²) < 4.78 is 0. The number of fused-ring (bicyclic) bond motifs is 2. The Labute approximate surface area is 129 Å². The van der Waals surface area contributed by atoms with E-state index in [1.807, 2.05) is 6.07 Å². The third kappa shape index (κ3) is 3.54. The Kier molecular flexibility index (Phi) is 4.42. The van der Waals surface area contributed by atoms with Crippen molar-refractivity contribution in [3.8, 4) is 0 Å². The van der Waals surface area contributed by atoms with Crippen molar-refractivity contribution in [3.05, 3.63) is 28.0 Å². The van der Waals surface area contributed by atoms with Gasteiger partial charge in [0.05, 0.1) is 0 Å². The normalized spacial score (nSPS) is 27.3. The minimum absolute atomic E-state index is 0.712. The molecule has 1 N–H and O–H groups in total. The lowest BCUT2D eigenvalue weighted by Gasteiger charge is -2.25. The molecule has 0 radical (unpaired) electrons. The van der Waals surface area contributed by atoms with Crippen LogP contribution < -0.4 is 0 Å². The van der Waals surface area contributed by atoms with E-state index in [1.54, 1.807) is 17.4 Å². The number of carbonyl (C=O) groups is 1. The van der Waals surface area contributed by atoms with Gasteiger partial charge in [0.15, 0.2) is 0 Å². The molecule has 0 aromatic carbocycles. The standard InChI is InChI=1S/C16H22N2O2S/c1-17-12-2-3-13(17)10-18(9-8-12)11-15-5-4-14(21-15)6-7-16(19)20/h4-7,12-13H,2-3,8-11H2,1H3,(H,19,20). The number of rotatable bonds is 4. The van der Waals surface area contributed by atoms with Crippen molar-refractivity contribution in [1.82, 2.24) is 9.80 Å². The number of likely N-dealkylation sites (tertiary alicyclic amines) is 1. The topological polar surface area (TPSA) is 43.8 Å². The van der Waals surface area contributed by atoms with Crippen LogP contribution in [0, 0.1) is 0 Å². The van der Waals surface area contributed by atoms with Gasteiger partial charge in [-0.3, -0.25) is 9.80 Å². The van der Waals surface area contributed by atoms with E-state index in [2.05, 4.69) is 22.9 Å². The molecule has 0 amide bonds. The lowest BCUT2D eigenvalue weighted by molar-refractivity contribution is -0.131. The molecule has 2 aliphatic heterocycles. The number of likely N-dealkylation sites (N-methyl/N-ethyl adjacent to an activating group) is 1. The van der Waals surface area contributed by atoms with Crippen molar-refractivity contribution in [1.29, 1.82) is 0 Å². The molecule has 21 heavy (non-hydrogen) atoms. The van der Waals surface area contributed by atoms with Crippen LogP contribution in [-0.4, -0.2) is 53.1 Å². The zero-order chi connectivity index (χ0) is 14.8. The van der Waals surface area contributed by atoms with Crippen molar-refractivity contribution >= 4 is 23.4 Å². The molecule has 114 valence electrons. The van der Waals surface area contributed by atoms with Crippen LogP contribution in [0.2, 0.25) is 0 Å². The van der Waals surface area contributed by atoms with Crippen molar-refractivity contribution < 1.29 is 9.90 Å². The highest BCUT2D eigenvalue weighted by Gasteiger charge is 2.34. The molecule has 3 rings (SSSR count). The molecule has 0 saturated carbocycles. The van der Waals surface area contributed by atoms with Crippen LogP contribution in [0.3, 0.4) is 0 Å². The SMILES string of the molecule is CN1C2CCC1CN(Cc1ccc(C=CC(=O)O)s1)CC2. The Balaban J connectivity index is 1.60. The number of nitrogens with zero attached hydrogens (tertiary/aromatic N) is 2. The minimum Gasteiger partial charge on any atom is -0.478 e. The van der Waals surface area contributed by atoms with E-state index in [0.717, 1.165) is 24.0 Å². The van der Waals surface area contributed by atoms with Gasteiger partial charge in [0, 0.05) is 47.5 Å². The van der Waals surface area contributed by atoms with E-state index >= 15 is 0 Å². The molecule has 2 atom stereocenters. The summed E-state index contributed by atoms with van der Waals surface area (Å²) >= 11 is 1.69. The quantitative estimate of drug-likeness (QED) is 0.868. The molecular weight excluding hydrogens is 284 g/mol. The smallest absolute Gasteiger partial charge is 0.328 e. The molecule has 4 nitrogen and oxygen atoms in total. The first-order chi connectivity index (χ1) is 10.1. The fourth-order valence-corrected chi connectivity index (χ4v) is 4.42. The highest BCUT2D eigenvalue weighted by molar-refractivity contribution is 7.12. The van der Waals surface area contributed by atoms with E-state index in [1.165, 1.54) is 36.8 Å². The highest BCUT2D eigenvalue weighted by Crippen LogP contribution is 2.29. The van der Waals surface area contributed by atoms with Gasteiger partial charge in [-0.2, -0.15) is 0 Å². The number of carboxylic acid groups (broad SMARTS) is 1. The van der Waals surface area contributed by atoms with Gasteiger partial charge in [0.1, 0.15) is 0 Å². The van der Waals surface area contributed by atoms with Crippen molar-refractivity contribution in [2.24, 2.45) is 0 Å². The number of carboxylic acids is 1.